The van der Waals surface area contributed by atoms with Crippen LogP contribution in [0.3, 0.4) is 0 Å². The molecule has 0 aliphatic carbocycles. The van der Waals surface area contributed by atoms with Crippen molar-refractivity contribution in [2.24, 2.45) is 5.92 Å². The van der Waals surface area contributed by atoms with Crippen LogP contribution in [0.5, 0.6) is 0 Å². The van der Waals surface area contributed by atoms with Crippen LogP contribution in [-0.2, 0) is 4.74 Å². The fraction of sp³-hybridized carbons (Fsp3) is 1.00. The number of likely N-dealkylation sites (tertiary alicyclic amines) is 1. The lowest BCUT2D eigenvalue weighted by Crippen LogP contribution is -2.38. The Kier molecular flexibility index (Phi) is 9.54. The molecule has 0 bridgehead atoms. The van der Waals surface area contributed by atoms with Gasteiger partial charge >= 0.3 is 0 Å². The van der Waals surface area contributed by atoms with Gasteiger partial charge in [-0.15, -0.1) is 0 Å². The molecule has 0 aromatic carbocycles. The zero-order valence-electron chi connectivity index (χ0n) is 12.4. The molecule has 3 heteroatoms. The molecule has 108 valence electrons. The molecular formula is C15H32N2O. The molecule has 0 aromatic rings. The monoisotopic (exact) mass is 256 g/mol. The first kappa shape index (κ1) is 15.9. The smallest absolute Gasteiger partial charge is 0.0478 e. The lowest BCUT2D eigenvalue weighted by atomic mass is 9.99. The number of hydrogen-bond acceptors (Lipinski definition) is 3. The van der Waals surface area contributed by atoms with Crippen LogP contribution in [-0.4, -0.2) is 50.8 Å². The van der Waals surface area contributed by atoms with Gasteiger partial charge in [0, 0.05) is 26.3 Å². The number of ether oxygens (including phenoxy) is 1. The molecule has 18 heavy (non-hydrogen) atoms. The number of nitrogens with zero attached hydrogens (tertiary/aromatic N) is 1. The Bertz CT molecular complexity index is 179. The minimum Gasteiger partial charge on any atom is -0.381 e. The minimum absolute atomic E-state index is 0.911. The van der Waals surface area contributed by atoms with Crippen LogP contribution >= 0.6 is 0 Å². The highest BCUT2D eigenvalue weighted by Crippen LogP contribution is 2.14. The Labute approximate surface area is 113 Å². The van der Waals surface area contributed by atoms with Gasteiger partial charge in [0.1, 0.15) is 0 Å². The van der Waals surface area contributed by atoms with Crippen molar-refractivity contribution in [1.82, 2.24) is 10.2 Å². The van der Waals surface area contributed by atoms with E-state index in [-0.39, 0.29) is 0 Å². The summed E-state index contributed by atoms with van der Waals surface area (Å²) in [7, 11) is 0. The molecule has 0 amide bonds. The number of unbranched alkanes of at least 4 members (excludes halogenated alkanes) is 1. The first-order chi connectivity index (χ1) is 8.83. The molecule has 0 aromatic heterocycles. The van der Waals surface area contributed by atoms with E-state index in [9.17, 15) is 0 Å². The van der Waals surface area contributed by atoms with E-state index >= 15 is 0 Å². The summed E-state index contributed by atoms with van der Waals surface area (Å²) in [4.78, 5) is 2.59. The lowest BCUT2D eigenvalue weighted by molar-refractivity contribution is 0.128. The van der Waals surface area contributed by atoms with Crippen molar-refractivity contribution in [2.75, 3.05) is 45.9 Å². The Morgan fingerprint density at radius 1 is 1.11 bits per heavy atom. The minimum atomic E-state index is 0.911. The van der Waals surface area contributed by atoms with Gasteiger partial charge in [-0.3, -0.25) is 0 Å². The summed E-state index contributed by atoms with van der Waals surface area (Å²) in [6.45, 7) is 12.4. The van der Waals surface area contributed by atoms with Crippen LogP contribution in [0.25, 0.3) is 0 Å². The number of rotatable bonds is 10. The fourth-order valence-electron chi connectivity index (χ4n) is 2.30. The summed E-state index contributed by atoms with van der Waals surface area (Å²) in [5.41, 5.74) is 0. The van der Waals surface area contributed by atoms with Crippen molar-refractivity contribution < 1.29 is 4.74 Å². The van der Waals surface area contributed by atoms with Crippen molar-refractivity contribution in [3.8, 4) is 0 Å². The van der Waals surface area contributed by atoms with Crippen LogP contribution in [0.2, 0.25) is 0 Å². The second-order valence-electron chi connectivity index (χ2n) is 5.59. The molecule has 0 atom stereocenters. The summed E-state index contributed by atoms with van der Waals surface area (Å²) in [6, 6.07) is 0. The van der Waals surface area contributed by atoms with Crippen LogP contribution < -0.4 is 5.32 Å². The van der Waals surface area contributed by atoms with E-state index in [1.807, 2.05) is 0 Å². The van der Waals surface area contributed by atoms with Gasteiger partial charge in [-0.1, -0.05) is 20.3 Å². The van der Waals surface area contributed by atoms with Gasteiger partial charge < -0.3 is 15.0 Å². The summed E-state index contributed by atoms with van der Waals surface area (Å²) in [5.74, 6) is 0.939. The zero-order chi connectivity index (χ0) is 13.1. The fourth-order valence-corrected chi connectivity index (χ4v) is 2.30. The molecule has 1 fully saturated rings. The standard InChI is InChI=1S/C15H32N2O/c1-3-4-13-18-14-5-8-16-9-12-17-10-6-15(2)7-11-17/h15-16H,3-14H2,1-2H3. The van der Waals surface area contributed by atoms with Crippen LogP contribution in [0.1, 0.15) is 46.0 Å². The molecule has 0 unspecified atom stereocenters. The van der Waals surface area contributed by atoms with Crippen molar-refractivity contribution in [3.05, 3.63) is 0 Å². The summed E-state index contributed by atoms with van der Waals surface area (Å²) < 4.78 is 5.53. The molecule has 1 rings (SSSR count). The Morgan fingerprint density at radius 3 is 2.56 bits per heavy atom. The average molecular weight is 256 g/mol. The molecule has 0 spiro atoms. The van der Waals surface area contributed by atoms with Crippen molar-refractivity contribution in [1.29, 1.82) is 0 Å². The third-order valence-corrected chi connectivity index (χ3v) is 3.77. The molecule has 1 N–H and O–H groups in total. The molecule has 1 saturated heterocycles. The molecule has 1 aliphatic heterocycles. The van der Waals surface area contributed by atoms with Crippen molar-refractivity contribution >= 4 is 0 Å². The van der Waals surface area contributed by atoms with E-state index in [1.165, 1.54) is 45.3 Å². The van der Waals surface area contributed by atoms with Crippen molar-refractivity contribution in [2.45, 2.75) is 46.0 Å². The maximum Gasteiger partial charge on any atom is 0.0478 e. The second-order valence-corrected chi connectivity index (χ2v) is 5.59. The van der Waals surface area contributed by atoms with Gasteiger partial charge in [-0.2, -0.15) is 0 Å². The Hall–Kier alpha value is -0.120. The quantitative estimate of drug-likeness (QED) is 0.608. The maximum atomic E-state index is 5.53. The Balaban J connectivity index is 1.78. The van der Waals surface area contributed by atoms with E-state index in [1.54, 1.807) is 0 Å². The van der Waals surface area contributed by atoms with Crippen LogP contribution in [0.4, 0.5) is 0 Å². The van der Waals surface area contributed by atoms with Gasteiger partial charge in [-0.25, -0.2) is 0 Å². The normalized spacial score (nSPS) is 18.3. The summed E-state index contributed by atoms with van der Waals surface area (Å²) >= 11 is 0. The molecule has 1 heterocycles. The van der Waals surface area contributed by atoms with E-state index in [0.717, 1.165) is 38.6 Å². The van der Waals surface area contributed by atoms with E-state index in [2.05, 4.69) is 24.1 Å². The van der Waals surface area contributed by atoms with Gasteiger partial charge in [0.15, 0.2) is 0 Å². The number of hydrogen-bond donors (Lipinski definition) is 1. The SMILES string of the molecule is CCCCOCCCNCCN1CCC(C)CC1. The highest BCUT2D eigenvalue weighted by atomic mass is 16.5. The van der Waals surface area contributed by atoms with E-state index in [4.69, 9.17) is 4.74 Å². The third-order valence-electron chi connectivity index (χ3n) is 3.77. The molecular weight excluding hydrogens is 224 g/mol. The van der Waals surface area contributed by atoms with Gasteiger partial charge in [-0.05, 0) is 51.2 Å². The highest BCUT2D eigenvalue weighted by molar-refractivity contribution is 4.69. The predicted molar refractivity (Wildman–Crippen MR) is 78.1 cm³/mol. The second kappa shape index (κ2) is 10.8. The van der Waals surface area contributed by atoms with Gasteiger partial charge in [0.05, 0.1) is 0 Å². The zero-order valence-corrected chi connectivity index (χ0v) is 12.4. The number of piperidine rings is 1. The van der Waals surface area contributed by atoms with Crippen molar-refractivity contribution in [3.63, 3.8) is 0 Å². The van der Waals surface area contributed by atoms with Crippen LogP contribution in [0.15, 0.2) is 0 Å². The largest absolute Gasteiger partial charge is 0.381 e. The highest BCUT2D eigenvalue weighted by Gasteiger charge is 2.14. The predicted octanol–water partition coefficient (Wildman–Crippen LogP) is 2.51. The number of nitrogens with one attached hydrogen (secondary N) is 1. The Morgan fingerprint density at radius 2 is 1.83 bits per heavy atom. The van der Waals surface area contributed by atoms with Crippen LogP contribution in [0, 0.1) is 5.92 Å². The molecule has 0 saturated carbocycles. The first-order valence-electron chi connectivity index (χ1n) is 7.83. The molecule has 0 radical (unpaired) electrons. The van der Waals surface area contributed by atoms with E-state index in [0.29, 0.717) is 0 Å². The van der Waals surface area contributed by atoms with Gasteiger partial charge in [0.25, 0.3) is 0 Å². The lowest BCUT2D eigenvalue weighted by Gasteiger charge is -2.30. The van der Waals surface area contributed by atoms with Gasteiger partial charge in [0.2, 0.25) is 0 Å². The first-order valence-corrected chi connectivity index (χ1v) is 7.83. The third kappa shape index (κ3) is 8.06. The summed E-state index contributed by atoms with van der Waals surface area (Å²) in [6.07, 6.45) is 6.32. The molecule has 1 aliphatic rings. The summed E-state index contributed by atoms with van der Waals surface area (Å²) in [5, 5.41) is 3.51. The maximum absolute atomic E-state index is 5.53. The van der Waals surface area contributed by atoms with E-state index < -0.39 is 0 Å². The molecule has 3 nitrogen and oxygen atoms in total. The topological polar surface area (TPSA) is 24.5 Å². The average Bonchev–Trinajstić information content (AvgIpc) is 2.39.